The van der Waals surface area contributed by atoms with E-state index in [1.54, 1.807) is 0 Å². The predicted molar refractivity (Wildman–Crippen MR) is 341 cm³/mol. The Labute approximate surface area is 472 Å². The largest absolute Gasteiger partial charge is 0.334 e. The van der Waals surface area contributed by atoms with Crippen LogP contribution in [0, 0.1) is 11.3 Å². The van der Waals surface area contributed by atoms with Gasteiger partial charge in [0.1, 0.15) is 0 Å². The van der Waals surface area contributed by atoms with Crippen molar-refractivity contribution >= 4 is 68.6 Å². The minimum atomic E-state index is -0.154. The van der Waals surface area contributed by atoms with Crippen LogP contribution in [0.3, 0.4) is 0 Å². The van der Waals surface area contributed by atoms with E-state index >= 15 is 0 Å². The minimum absolute atomic E-state index is 0.0150. The molecule has 3 heterocycles. The highest BCUT2D eigenvalue weighted by atomic mass is 15.3. The molecule has 1 aliphatic carbocycles. The Hall–Kier alpha value is -6.00. The molecular formula is C74H90BN3. The molecule has 0 amide bonds. The predicted octanol–water partition coefficient (Wildman–Crippen LogP) is 18.9. The molecule has 0 spiro atoms. The van der Waals surface area contributed by atoms with Crippen LogP contribution < -0.4 is 31.1 Å². The molecule has 1 saturated carbocycles. The van der Waals surface area contributed by atoms with Gasteiger partial charge in [-0.2, -0.15) is 0 Å². The molecule has 0 radical (unpaired) electrons. The summed E-state index contributed by atoms with van der Waals surface area (Å²) in [5.41, 5.74) is 24.7. The van der Waals surface area contributed by atoms with E-state index in [2.05, 4.69) is 293 Å². The van der Waals surface area contributed by atoms with Gasteiger partial charge in [-0.25, -0.2) is 0 Å². The standard InChI is InChI=1S/C74H90BN3/c1-67(2,3)48-26-31-54(32-27-48)76-63-45-55(78-61-37-30-50(69(7,8)9)41-57(61)73(19)46-52(71(13,14)15)38-39-74(73,78)20)33-35-59(63)75-58-34-28-51(70(10,11)12)42-62(58)77(65-44-53(72(16,17)18)43-64(76)66(65)75)60-36-29-49(68(4,5)6)40-56(60)47-24-22-21-23-25-47/h21-37,40-45,52H,38-39,46H2,1-20H3. The van der Waals surface area contributed by atoms with Crippen molar-refractivity contribution in [2.45, 2.75) is 196 Å². The monoisotopic (exact) mass is 1030 g/mol. The fourth-order valence-corrected chi connectivity index (χ4v) is 14.1. The van der Waals surface area contributed by atoms with Gasteiger partial charge in [0, 0.05) is 50.8 Å². The smallest absolute Gasteiger partial charge is 0.252 e. The van der Waals surface area contributed by atoms with E-state index in [1.165, 1.54) is 119 Å². The van der Waals surface area contributed by atoms with Gasteiger partial charge in [0.05, 0.1) is 11.2 Å². The van der Waals surface area contributed by atoms with Crippen molar-refractivity contribution in [1.29, 1.82) is 0 Å². The van der Waals surface area contributed by atoms with Gasteiger partial charge in [-0.15, -0.1) is 0 Å². The van der Waals surface area contributed by atoms with Gasteiger partial charge in [0.15, 0.2) is 0 Å². The molecule has 1 fully saturated rings. The lowest BCUT2D eigenvalue weighted by molar-refractivity contribution is 0.0786. The first-order chi connectivity index (χ1) is 36.2. The average Bonchev–Trinajstić information content (AvgIpc) is 3.81. The topological polar surface area (TPSA) is 9.72 Å². The summed E-state index contributed by atoms with van der Waals surface area (Å²) in [5, 5.41) is 0. The second-order valence-electron chi connectivity index (χ2n) is 30.9. The zero-order valence-electron chi connectivity index (χ0n) is 51.4. The van der Waals surface area contributed by atoms with Crippen molar-refractivity contribution < 1.29 is 0 Å². The molecule has 11 rings (SSSR count). The molecule has 404 valence electrons. The summed E-state index contributed by atoms with van der Waals surface area (Å²) in [6, 6.07) is 55.8. The zero-order chi connectivity index (χ0) is 56.2. The maximum absolute atomic E-state index is 2.82. The van der Waals surface area contributed by atoms with Crippen molar-refractivity contribution in [1.82, 2.24) is 0 Å². The Balaban J connectivity index is 1.22. The SMILES string of the molecule is CC(C)(C)c1ccc(N2c3cc(N4c5ccc(C(C)(C)C)cc5C5(C)CC(C(C)(C)C)CCC45C)ccc3B3c4ccc(C(C)(C)C)cc4N(c4ccc(C(C)(C)C)cc4-c4ccccc4)c4cc(C(C)(C)C)cc2c43)cc1. The normalized spacial score (nSPS) is 20.3. The van der Waals surface area contributed by atoms with Crippen LogP contribution in [0.15, 0.2) is 140 Å². The van der Waals surface area contributed by atoms with Crippen LogP contribution in [0.25, 0.3) is 11.1 Å². The van der Waals surface area contributed by atoms with E-state index in [9.17, 15) is 0 Å². The maximum atomic E-state index is 2.82. The molecule has 0 saturated heterocycles. The third-order valence-electron chi connectivity index (χ3n) is 19.5. The summed E-state index contributed by atoms with van der Waals surface area (Å²) < 4.78 is 0. The Morgan fingerprint density at radius 1 is 0.423 bits per heavy atom. The Morgan fingerprint density at radius 3 is 1.47 bits per heavy atom. The van der Waals surface area contributed by atoms with Crippen LogP contribution >= 0.6 is 0 Å². The highest BCUT2D eigenvalue weighted by Crippen LogP contribution is 2.64. The van der Waals surface area contributed by atoms with Gasteiger partial charge in [-0.1, -0.05) is 210 Å². The van der Waals surface area contributed by atoms with Crippen molar-refractivity contribution in [3.05, 3.63) is 173 Å². The van der Waals surface area contributed by atoms with E-state index in [4.69, 9.17) is 0 Å². The van der Waals surface area contributed by atoms with Crippen molar-refractivity contribution in [2.24, 2.45) is 11.3 Å². The molecule has 0 N–H and O–H groups in total. The van der Waals surface area contributed by atoms with E-state index in [1.807, 2.05) is 0 Å². The summed E-state index contributed by atoms with van der Waals surface area (Å²) >= 11 is 0. The van der Waals surface area contributed by atoms with Crippen LogP contribution in [-0.2, 0) is 32.5 Å². The first-order valence-corrected chi connectivity index (χ1v) is 29.5. The highest BCUT2D eigenvalue weighted by molar-refractivity contribution is 7.00. The van der Waals surface area contributed by atoms with Crippen LogP contribution in [0.1, 0.15) is 191 Å². The number of anilines is 8. The number of fused-ring (bicyclic) bond motifs is 7. The fourth-order valence-electron chi connectivity index (χ4n) is 14.1. The van der Waals surface area contributed by atoms with Crippen LogP contribution in [-0.4, -0.2) is 12.3 Å². The van der Waals surface area contributed by atoms with E-state index in [0.29, 0.717) is 5.92 Å². The van der Waals surface area contributed by atoms with Crippen LogP contribution in [0.2, 0.25) is 0 Å². The third kappa shape index (κ3) is 8.68. The molecule has 4 heteroatoms. The molecule has 3 atom stereocenters. The molecule has 78 heavy (non-hydrogen) atoms. The van der Waals surface area contributed by atoms with Crippen molar-refractivity contribution in [2.75, 3.05) is 14.7 Å². The Kier molecular flexibility index (Phi) is 12.3. The Bertz CT molecular complexity index is 3490. The van der Waals surface area contributed by atoms with Gasteiger partial charge >= 0.3 is 0 Å². The molecule has 7 aromatic rings. The fraction of sp³-hybridized carbons (Fsp3) is 0.432. The van der Waals surface area contributed by atoms with Crippen LogP contribution in [0.5, 0.6) is 0 Å². The summed E-state index contributed by atoms with van der Waals surface area (Å²) in [6.45, 7) is 48.0. The van der Waals surface area contributed by atoms with E-state index in [0.717, 1.165) is 6.42 Å². The average molecular weight is 1030 g/mol. The lowest BCUT2D eigenvalue weighted by Gasteiger charge is -2.54. The van der Waals surface area contributed by atoms with Gasteiger partial charge in [-0.05, 0) is 181 Å². The molecule has 4 aliphatic rings. The molecule has 0 aromatic heterocycles. The second kappa shape index (κ2) is 17.8. The molecule has 3 aliphatic heterocycles. The minimum Gasteiger partial charge on any atom is -0.334 e. The summed E-state index contributed by atoms with van der Waals surface area (Å²) in [6.07, 6.45) is 3.51. The van der Waals surface area contributed by atoms with Gasteiger partial charge < -0.3 is 14.7 Å². The first-order valence-electron chi connectivity index (χ1n) is 29.5. The second-order valence-corrected chi connectivity index (χ2v) is 30.9. The number of benzene rings is 7. The van der Waals surface area contributed by atoms with Crippen molar-refractivity contribution in [3.8, 4) is 11.1 Å². The van der Waals surface area contributed by atoms with Gasteiger partial charge in [0.25, 0.3) is 6.71 Å². The number of nitrogens with zero attached hydrogens (tertiary/aromatic N) is 3. The first kappa shape index (κ1) is 54.0. The van der Waals surface area contributed by atoms with E-state index < -0.39 is 0 Å². The number of rotatable bonds is 4. The third-order valence-corrected chi connectivity index (χ3v) is 19.5. The van der Waals surface area contributed by atoms with Crippen LogP contribution in [0.4, 0.5) is 45.5 Å². The summed E-state index contributed by atoms with van der Waals surface area (Å²) in [4.78, 5) is 8.16. The highest BCUT2D eigenvalue weighted by Gasteiger charge is 2.60. The Morgan fingerprint density at radius 2 is 0.897 bits per heavy atom. The molecule has 3 unspecified atom stereocenters. The lowest BCUT2D eigenvalue weighted by atomic mass is 9.33. The molecule has 3 nitrogen and oxygen atoms in total. The van der Waals surface area contributed by atoms with Gasteiger partial charge in [-0.3, -0.25) is 0 Å². The zero-order valence-corrected chi connectivity index (χ0v) is 51.4. The maximum Gasteiger partial charge on any atom is 0.252 e. The number of hydrogen-bond donors (Lipinski definition) is 0. The molecule has 7 aromatic carbocycles. The number of hydrogen-bond acceptors (Lipinski definition) is 3. The van der Waals surface area contributed by atoms with Crippen molar-refractivity contribution in [3.63, 3.8) is 0 Å². The molecular weight excluding hydrogens is 942 g/mol. The summed E-state index contributed by atoms with van der Waals surface area (Å²) in [7, 11) is 0. The van der Waals surface area contributed by atoms with E-state index in [-0.39, 0.29) is 50.2 Å². The molecule has 0 bridgehead atoms. The summed E-state index contributed by atoms with van der Waals surface area (Å²) in [5.74, 6) is 0.629. The lowest BCUT2D eigenvalue weighted by Crippen LogP contribution is -2.61. The van der Waals surface area contributed by atoms with Gasteiger partial charge in [0.2, 0.25) is 0 Å². The quantitative estimate of drug-likeness (QED) is 0.163.